The quantitative estimate of drug-likeness (QED) is 0.274. The van der Waals surface area contributed by atoms with Crippen LogP contribution in [0.15, 0.2) is 24.3 Å². The van der Waals surface area contributed by atoms with E-state index in [-0.39, 0.29) is 44.2 Å². The van der Waals surface area contributed by atoms with E-state index < -0.39 is 71.1 Å². The molecule has 3 aliphatic carbocycles. The number of hydrogen-bond donors (Lipinski definition) is 2. The Kier molecular flexibility index (Phi) is 7.80. The lowest BCUT2D eigenvalue weighted by molar-refractivity contribution is -0.235. The van der Waals surface area contributed by atoms with Gasteiger partial charge in [-0.15, -0.1) is 0 Å². The van der Waals surface area contributed by atoms with Crippen LogP contribution in [-0.2, 0) is 44.7 Å². The highest BCUT2D eigenvalue weighted by atomic mass is 127. The molecule has 3 heterocycles. The third kappa shape index (κ3) is 5.36. The van der Waals surface area contributed by atoms with E-state index in [2.05, 4.69) is 27.9 Å². The Morgan fingerprint density at radius 3 is 2.50 bits per heavy atom. The number of fused-ring (bicyclic) bond motifs is 4. The molecule has 0 aromatic heterocycles. The number of halogens is 1. The minimum atomic E-state index is -1.34. The van der Waals surface area contributed by atoms with Gasteiger partial charge in [-0.25, -0.2) is 0 Å². The number of esters is 2. The van der Waals surface area contributed by atoms with E-state index in [4.69, 9.17) is 23.8 Å². The summed E-state index contributed by atoms with van der Waals surface area (Å²) in [4.78, 5) is 47.4. The number of nitrogens with one attached hydrogen (secondary N) is 1. The van der Waals surface area contributed by atoms with Crippen molar-refractivity contribution in [1.82, 2.24) is 10.4 Å². The lowest BCUT2D eigenvalue weighted by Crippen LogP contribution is -2.70. The van der Waals surface area contributed by atoms with E-state index >= 15 is 0 Å². The van der Waals surface area contributed by atoms with Crippen molar-refractivity contribution >= 4 is 40.4 Å². The third-order valence-corrected chi connectivity index (χ3v) is 10.5. The van der Waals surface area contributed by atoms with Gasteiger partial charge in [0.25, 0.3) is 0 Å². The van der Waals surface area contributed by atoms with Gasteiger partial charge in [0.15, 0.2) is 11.8 Å². The Hall–Kier alpha value is -1.84. The van der Waals surface area contributed by atoms with Gasteiger partial charge in [0.1, 0.15) is 35.4 Å². The summed E-state index contributed by atoms with van der Waals surface area (Å²) in [6.45, 7) is 5.26. The third-order valence-electron chi connectivity index (χ3n) is 9.81. The number of rotatable bonds is 10. The van der Waals surface area contributed by atoms with Gasteiger partial charge in [0, 0.05) is 28.2 Å². The number of benzene rings is 1. The molecular weight excluding hydrogens is 683 g/mol. The van der Waals surface area contributed by atoms with Crippen LogP contribution in [0.4, 0.5) is 0 Å². The van der Waals surface area contributed by atoms with Crippen molar-refractivity contribution in [3.05, 3.63) is 33.4 Å². The maximum atomic E-state index is 14.5. The summed E-state index contributed by atoms with van der Waals surface area (Å²) in [5.41, 5.74) is -1.05. The summed E-state index contributed by atoms with van der Waals surface area (Å²) in [6.07, 6.45) is 1.90. The molecule has 3 aliphatic heterocycles. The number of hydroxylamine groups is 2. The van der Waals surface area contributed by atoms with Crippen molar-refractivity contribution in [2.75, 3.05) is 6.61 Å². The normalized spacial score (nSPS) is 34.7. The number of aliphatic hydroxyl groups is 1. The molecule has 12 heteroatoms. The average molecular weight is 725 g/mol. The first-order valence-electron chi connectivity index (χ1n) is 15.8. The smallest absolute Gasteiger partial charge is 0.327 e. The molecule has 7 atom stereocenters. The highest BCUT2D eigenvalue weighted by molar-refractivity contribution is 14.1. The van der Waals surface area contributed by atoms with E-state index in [1.54, 1.807) is 25.8 Å². The van der Waals surface area contributed by atoms with Gasteiger partial charge in [0.05, 0.1) is 19.2 Å². The summed E-state index contributed by atoms with van der Waals surface area (Å²) in [5, 5.41) is 14.8. The second kappa shape index (κ2) is 11.2. The summed E-state index contributed by atoms with van der Waals surface area (Å²) in [7, 11) is 0. The van der Waals surface area contributed by atoms with Crippen LogP contribution in [0.3, 0.4) is 0 Å². The van der Waals surface area contributed by atoms with Crippen molar-refractivity contribution in [2.24, 2.45) is 17.3 Å². The lowest BCUT2D eigenvalue weighted by atomic mass is 9.62. The molecule has 11 nitrogen and oxygen atoms in total. The van der Waals surface area contributed by atoms with Crippen molar-refractivity contribution in [2.45, 2.75) is 120 Å². The number of amides is 1. The maximum Gasteiger partial charge on any atom is 0.327 e. The first-order chi connectivity index (χ1) is 20.9. The molecule has 1 aromatic carbocycles. The fourth-order valence-corrected chi connectivity index (χ4v) is 8.30. The summed E-state index contributed by atoms with van der Waals surface area (Å²) in [5.74, 6) is -1.53. The first kappa shape index (κ1) is 30.8. The molecule has 0 spiro atoms. The molecule has 6 fully saturated rings. The van der Waals surface area contributed by atoms with E-state index in [1.807, 2.05) is 24.3 Å². The number of hydrogen-bond acceptors (Lipinski definition) is 10. The Morgan fingerprint density at radius 1 is 1.16 bits per heavy atom. The number of ether oxygens (including phenoxy) is 4. The molecule has 2 N–H and O–H groups in total. The van der Waals surface area contributed by atoms with Gasteiger partial charge in [-0.1, -0.05) is 12.1 Å². The molecule has 0 radical (unpaired) electrons. The van der Waals surface area contributed by atoms with Crippen LogP contribution < -0.4 is 5.32 Å². The van der Waals surface area contributed by atoms with Crippen LogP contribution >= 0.6 is 22.6 Å². The molecule has 1 amide bonds. The van der Waals surface area contributed by atoms with Crippen molar-refractivity contribution in [3.63, 3.8) is 0 Å². The van der Waals surface area contributed by atoms with Crippen LogP contribution in [0.5, 0.6) is 0 Å². The highest BCUT2D eigenvalue weighted by Crippen LogP contribution is 2.63. The topological polar surface area (TPSA) is 133 Å². The van der Waals surface area contributed by atoms with Crippen LogP contribution in [0.25, 0.3) is 0 Å². The summed E-state index contributed by atoms with van der Waals surface area (Å²) < 4.78 is 26.2. The van der Waals surface area contributed by atoms with Crippen LogP contribution in [0.2, 0.25) is 0 Å². The van der Waals surface area contributed by atoms with Crippen LogP contribution in [-0.4, -0.2) is 82.5 Å². The molecule has 6 aliphatic rings. The van der Waals surface area contributed by atoms with Gasteiger partial charge >= 0.3 is 11.9 Å². The van der Waals surface area contributed by atoms with Gasteiger partial charge in [-0.3, -0.25) is 19.2 Å². The number of carbonyl (C=O) groups excluding carboxylic acids is 3. The Labute approximate surface area is 270 Å². The molecule has 7 rings (SSSR count). The zero-order valence-corrected chi connectivity index (χ0v) is 27.5. The van der Waals surface area contributed by atoms with E-state index in [1.165, 1.54) is 0 Å². The molecular formula is C32H41IN2O9. The fraction of sp³-hybridized carbons (Fsp3) is 0.719. The first-order valence-corrected chi connectivity index (χ1v) is 16.9. The van der Waals surface area contributed by atoms with Crippen LogP contribution in [0.1, 0.15) is 71.3 Å². The second-order valence-electron chi connectivity index (χ2n) is 14.3. The van der Waals surface area contributed by atoms with Gasteiger partial charge in [0.2, 0.25) is 5.91 Å². The van der Waals surface area contributed by atoms with E-state index in [9.17, 15) is 19.5 Å². The Balaban J connectivity index is 1.19. The lowest BCUT2D eigenvalue weighted by Gasteiger charge is -2.49. The van der Waals surface area contributed by atoms with E-state index in [0.717, 1.165) is 34.8 Å². The van der Waals surface area contributed by atoms with E-state index in [0.29, 0.717) is 0 Å². The van der Waals surface area contributed by atoms with Crippen molar-refractivity contribution in [3.8, 4) is 0 Å². The molecule has 240 valence electrons. The molecule has 3 saturated carbocycles. The van der Waals surface area contributed by atoms with Gasteiger partial charge in [-0.2, -0.15) is 5.06 Å². The highest BCUT2D eigenvalue weighted by Gasteiger charge is 2.78. The van der Waals surface area contributed by atoms with Gasteiger partial charge in [-0.05, 0) is 93.2 Å². The molecule has 3 saturated heterocycles. The Morgan fingerprint density at radius 2 is 1.86 bits per heavy atom. The zero-order chi connectivity index (χ0) is 31.0. The monoisotopic (exact) mass is 724 g/mol. The second-order valence-corrected chi connectivity index (χ2v) is 15.5. The predicted molar refractivity (Wildman–Crippen MR) is 162 cm³/mol. The van der Waals surface area contributed by atoms with Crippen molar-refractivity contribution in [1.29, 1.82) is 0 Å². The number of carbonyl (C=O) groups is 3. The minimum absolute atomic E-state index is 0.0233. The molecule has 1 aromatic rings. The SMILES string of the molecule is CC(C)(C)OC(=O)CC[C@@H](CO)NC(=O)[C@@]12C[C@H]3OC(=O)[C@@H]1N(Cc1cccc(I)c1)O[C@@H]2[C@H]1OC(C2CC2)(C2CC2)O[C@H]13. The predicted octanol–water partition coefficient (Wildman–Crippen LogP) is 2.99. The van der Waals surface area contributed by atoms with Crippen molar-refractivity contribution < 1.29 is 43.3 Å². The molecule has 2 bridgehead atoms. The summed E-state index contributed by atoms with van der Waals surface area (Å²) in [6, 6.07) is 6.15. The number of aliphatic hydroxyl groups excluding tert-OH is 1. The fourth-order valence-electron chi connectivity index (χ4n) is 7.70. The standard InChI is InChI=1S/C32H41IN2O9/c1-30(2,3)41-23(37)12-11-21(16-36)34-29(39)31-14-22-24-25(43-32(42-24,18-7-8-18)19-9-10-19)27(31)44-35(26(31)28(38)40-22)15-17-5-4-6-20(33)13-17/h4-6,13,18-19,21-22,24-27,36H,7-12,14-16H2,1-3H3,(H,34,39)/t21-,22+,24-,25-,26-,27+,31-/m0/s1. The molecule has 0 unspecified atom stereocenters. The summed E-state index contributed by atoms with van der Waals surface area (Å²) >= 11 is 2.24. The van der Waals surface area contributed by atoms with Crippen LogP contribution in [0, 0.1) is 20.8 Å². The number of nitrogens with zero attached hydrogens (tertiary/aromatic N) is 1. The maximum absolute atomic E-state index is 14.5. The molecule has 44 heavy (non-hydrogen) atoms. The minimum Gasteiger partial charge on any atom is -0.460 e. The Bertz CT molecular complexity index is 1310. The average Bonchev–Trinajstić information content (AvgIpc) is 3.89. The zero-order valence-electron chi connectivity index (χ0n) is 25.3. The van der Waals surface area contributed by atoms with Gasteiger partial charge < -0.3 is 29.4 Å². The largest absolute Gasteiger partial charge is 0.460 e.